The minimum Gasteiger partial charge on any atom is -0.486 e. The van der Waals surface area contributed by atoms with E-state index in [4.69, 9.17) is 23.9 Å². The molecule has 3 aliphatic heterocycles. The van der Waals surface area contributed by atoms with E-state index in [1.807, 2.05) is 18.2 Å². The molecule has 1 aromatic heterocycles. The van der Waals surface area contributed by atoms with E-state index in [2.05, 4.69) is 21.9 Å². The topological polar surface area (TPSA) is 212 Å². The van der Waals surface area contributed by atoms with E-state index in [0.717, 1.165) is 38.5 Å². The van der Waals surface area contributed by atoms with Crippen LogP contribution in [0.1, 0.15) is 130 Å². The molecule has 2 saturated heterocycles. The lowest BCUT2D eigenvalue weighted by Gasteiger charge is -2.36. The van der Waals surface area contributed by atoms with Crippen LogP contribution in [0, 0.1) is 17.8 Å². The molecule has 2 unspecified atom stereocenters. The number of ether oxygens (including phenoxy) is 4. The molecule has 3 saturated carbocycles. The molecule has 2 aromatic rings. The number of nitrogens with zero attached hydrogens (tertiary/aromatic N) is 3. The number of benzene rings is 1. The van der Waals surface area contributed by atoms with Gasteiger partial charge in [0.25, 0.3) is 5.91 Å². The monoisotopic (exact) mass is 1120 g/mol. The van der Waals surface area contributed by atoms with Crippen LogP contribution in [0.15, 0.2) is 36.9 Å². The van der Waals surface area contributed by atoms with Crippen molar-refractivity contribution in [1.29, 1.82) is 0 Å². The van der Waals surface area contributed by atoms with Crippen molar-refractivity contribution < 1.29 is 55.7 Å². The van der Waals surface area contributed by atoms with Crippen LogP contribution in [-0.4, -0.2) is 123 Å². The number of sulfonamides is 1. The van der Waals surface area contributed by atoms with Crippen LogP contribution in [0.4, 0.5) is 14.0 Å². The van der Waals surface area contributed by atoms with Gasteiger partial charge in [-0.15, -0.1) is 6.58 Å². The van der Waals surface area contributed by atoms with Gasteiger partial charge in [0.1, 0.15) is 41.7 Å². The Morgan fingerprint density at radius 2 is 1.69 bits per heavy atom. The second-order valence-corrected chi connectivity index (χ2v) is 25.7. The minimum absolute atomic E-state index is 0.0733. The highest BCUT2D eigenvalue weighted by atomic mass is 127. The molecular weight excluding hydrogens is 1050 g/mol. The first-order valence-electron chi connectivity index (χ1n) is 25.4. The van der Waals surface area contributed by atoms with Crippen molar-refractivity contribution >= 4 is 73.4 Å². The third kappa shape index (κ3) is 12.0. The number of carbonyl (C=O) groups excluding carboxylic acids is 5. The summed E-state index contributed by atoms with van der Waals surface area (Å²) >= 11 is 1.75. The van der Waals surface area contributed by atoms with Crippen LogP contribution in [0.25, 0.3) is 10.9 Å². The van der Waals surface area contributed by atoms with E-state index in [1.165, 1.54) is 15.9 Å². The number of rotatable bonds is 10. The number of aromatic nitrogens is 1. The van der Waals surface area contributed by atoms with Gasteiger partial charge in [0.2, 0.25) is 27.7 Å². The fourth-order valence-electron chi connectivity index (χ4n) is 10.3. The summed E-state index contributed by atoms with van der Waals surface area (Å²) in [5.74, 6) is -2.46. The molecular formula is C51H70FIN6O11S. The number of alkyl halides is 2. The molecule has 1 aromatic carbocycles. The second-order valence-electron chi connectivity index (χ2n) is 21.8. The number of piperidine rings is 1. The molecule has 3 aliphatic carbocycles. The number of hydrogen-bond acceptors (Lipinski definition) is 12. The zero-order chi connectivity index (χ0) is 51.0. The minimum atomic E-state index is -4.11. The Bertz CT molecular complexity index is 2480. The normalized spacial score (nSPS) is 28.7. The van der Waals surface area contributed by atoms with Crippen molar-refractivity contribution in [2.45, 2.75) is 181 Å². The third-order valence-electron chi connectivity index (χ3n) is 15.2. The number of halogens is 2. The van der Waals surface area contributed by atoms with E-state index in [0.29, 0.717) is 67.2 Å². The predicted octanol–water partition coefficient (Wildman–Crippen LogP) is 7.56. The maximum absolute atomic E-state index is 16.3. The van der Waals surface area contributed by atoms with E-state index in [1.54, 1.807) is 63.3 Å². The van der Waals surface area contributed by atoms with Crippen LogP contribution >= 0.6 is 22.6 Å². The molecule has 6 aliphatic rings. The highest BCUT2D eigenvalue weighted by Crippen LogP contribution is 2.44. The van der Waals surface area contributed by atoms with Crippen LogP contribution in [0.5, 0.6) is 11.6 Å². The first-order valence-corrected chi connectivity index (χ1v) is 28.0. The number of likely N-dealkylation sites (tertiary alicyclic amines) is 1. The molecule has 2 bridgehead atoms. The molecule has 4 heterocycles. The van der Waals surface area contributed by atoms with Gasteiger partial charge in [-0.25, -0.2) is 32.1 Å². The molecule has 5 amide bonds. The fourth-order valence-corrected chi connectivity index (χ4v) is 12.4. The SMILES string of the molecule is C=CC(C)C(I)(NC(=O)[C@@H]1C[C@@H]2CN1C(=O)[C@H](C1CCCCC1)NC(=O)O[C@@H]1C[C@H]1CCCCCc1c(nc3ccccc3c1O[C@H]1CCN(C(=O)OC(C)(C)C)C[C@H]1F)O2)C(=O)NS(=O)(=O)C1(C)CC1. The maximum atomic E-state index is 16.3. The lowest BCUT2D eigenvalue weighted by molar-refractivity contribution is -0.142. The van der Waals surface area contributed by atoms with Gasteiger partial charge in [-0.3, -0.25) is 14.4 Å². The molecule has 0 radical (unpaired) electrons. The Hall–Kier alpha value is -4.47. The first-order chi connectivity index (χ1) is 33.6. The number of amides is 5. The van der Waals surface area contributed by atoms with Gasteiger partial charge in [-0.1, -0.05) is 57.2 Å². The lowest BCUT2D eigenvalue weighted by atomic mass is 9.83. The zero-order valence-electron chi connectivity index (χ0n) is 41.5. The summed E-state index contributed by atoms with van der Waals surface area (Å²) in [6, 6.07) is 5.04. The van der Waals surface area contributed by atoms with Crippen molar-refractivity contribution in [3.63, 3.8) is 0 Å². The van der Waals surface area contributed by atoms with E-state index in [9.17, 15) is 27.6 Å². The fraction of sp³-hybridized carbons (Fsp3) is 0.686. The van der Waals surface area contributed by atoms with Crippen molar-refractivity contribution in [2.24, 2.45) is 17.8 Å². The second kappa shape index (κ2) is 21.2. The van der Waals surface area contributed by atoms with Gasteiger partial charge in [0.05, 0.1) is 28.9 Å². The Morgan fingerprint density at radius 3 is 2.37 bits per heavy atom. The third-order valence-corrected chi connectivity index (χ3v) is 19.1. The average Bonchev–Trinajstić information content (AvgIpc) is 4.22. The van der Waals surface area contributed by atoms with Crippen molar-refractivity contribution in [1.82, 2.24) is 30.1 Å². The Kier molecular flexibility index (Phi) is 15.8. The van der Waals surface area contributed by atoms with Crippen molar-refractivity contribution in [2.75, 3.05) is 19.6 Å². The Balaban J connectivity index is 1.15. The van der Waals surface area contributed by atoms with Gasteiger partial charge < -0.3 is 39.4 Å². The number of fused-ring (bicyclic) bond motifs is 5. The van der Waals surface area contributed by atoms with Crippen molar-refractivity contribution in [3.8, 4) is 11.6 Å². The summed E-state index contributed by atoms with van der Waals surface area (Å²) in [5.41, 5.74) is 0.367. The highest BCUT2D eigenvalue weighted by molar-refractivity contribution is 14.1. The van der Waals surface area contributed by atoms with Crippen LogP contribution in [0.3, 0.4) is 0 Å². The Morgan fingerprint density at radius 1 is 1.00 bits per heavy atom. The molecule has 3 N–H and O–H groups in total. The number of nitrogens with one attached hydrogen (secondary N) is 3. The maximum Gasteiger partial charge on any atom is 0.410 e. The molecule has 8 rings (SSSR count). The largest absolute Gasteiger partial charge is 0.486 e. The predicted molar refractivity (Wildman–Crippen MR) is 271 cm³/mol. The summed E-state index contributed by atoms with van der Waals surface area (Å²) in [5, 5.41) is 6.41. The quantitative estimate of drug-likeness (QED) is 0.0911. The first kappa shape index (κ1) is 52.8. The highest BCUT2D eigenvalue weighted by Gasteiger charge is 2.55. The number of pyridine rings is 1. The zero-order valence-corrected chi connectivity index (χ0v) is 44.5. The molecule has 17 nitrogen and oxygen atoms in total. The van der Waals surface area contributed by atoms with Gasteiger partial charge in [0.15, 0.2) is 9.72 Å². The van der Waals surface area contributed by atoms with Crippen molar-refractivity contribution in [3.05, 3.63) is 42.5 Å². The Labute approximate surface area is 430 Å². The van der Waals surface area contributed by atoms with Crippen LogP contribution in [0.2, 0.25) is 0 Å². The van der Waals surface area contributed by atoms with Gasteiger partial charge >= 0.3 is 12.2 Å². The van der Waals surface area contributed by atoms with Gasteiger partial charge in [-0.05, 0) is 126 Å². The van der Waals surface area contributed by atoms with E-state index >= 15 is 9.18 Å². The number of hydrogen-bond donors (Lipinski definition) is 3. The summed E-state index contributed by atoms with van der Waals surface area (Å²) in [6.07, 6.45) is 5.78. The molecule has 71 heavy (non-hydrogen) atoms. The number of alkyl carbamates (subject to hydrolysis) is 1. The molecule has 20 heteroatoms. The summed E-state index contributed by atoms with van der Waals surface area (Å²) in [6.45, 7) is 12.2. The smallest absolute Gasteiger partial charge is 0.410 e. The number of carbonyl (C=O) groups is 5. The average molecular weight is 1120 g/mol. The van der Waals surface area contributed by atoms with Gasteiger partial charge in [0, 0.05) is 30.7 Å². The summed E-state index contributed by atoms with van der Waals surface area (Å²) in [4.78, 5) is 78.7. The summed E-state index contributed by atoms with van der Waals surface area (Å²) < 4.78 is 67.3. The molecule has 9 atom stereocenters. The molecule has 390 valence electrons. The molecule has 5 fully saturated rings. The van der Waals surface area contributed by atoms with Gasteiger partial charge in [-0.2, -0.15) is 0 Å². The van der Waals surface area contributed by atoms with Crippen LogP contribution < -0.4 is 24.8 Å². The van der Waals surface area contributed by atoms with E-state index < -0.39 is 90.2 Å². The van der Waals surface area contributed by atoms with E-state index in [-0.39, 0.29) is 56.3 Å². The summed E-state index contributed by atoms with van der Waals surface area (Å²) in [7, 11) is -4.11. The van der Waals surface area contributed by atoms with Crippen LogP contribution in [-0.2, 0) is 40.3 Å². The standard InChI is InChI=1S/C51H70FIN6O11S/c1-7-30(2)51(53,46(62)57-71(65,66)50(6)23-24-50)56-43(60)38-27-33-28-59(38)45(61)41(31-16-10-8-11-17-31)55-47(63)69-40-26-32(40)18-12-9-13-20-35-42(34-19-14-15-21-37(34)54-44(35)67-33)68-39-22-25-58(29-36(39)52)48(64)70-49(3,4)5/h7,14-15,19,21,30-33,36,38-41H,1,8-13,16-18,20,22-29H2,2-6H3,(H,55,63)(H,56,60)(H,57,62)/t30?,32-,33-,36-,38+,39+,40-,41+,51?/m1/s1. The number of para-hydroxylation sites is 1. The lowest BCUT2D eigenvalue weighted by Crippen LogP contribution is -2.63. The molecule has 0 spiro atoms.